The van der Waals surface area contributed by atoms with E-state index in [0.717, 1.165) is 22.3 Å². The van der Waals surface area contributed by atoms with Crippen molar-refractivity contribution >= 4 is 23.2 Å². The third-order valence-corrected chi connectivity index (χ3v) is 6.89. The average molecular weight is 646 g/mol. The van der Waals surface area contributed by atoms with E-state index in [-0.39, 0.29) is 18.6 Å². The molecule has 5 aromatic rings. The number of aromatic nitrogens is 6. The highest BCUT2D eigenvalue weighted by molar-refractivity contribution is 6.02. The molecule has 16 nitrogen and oxygen atoms in total. The van der Waals surface area contributed by atoms with Gasteiger partial charge in [-0.25, -0.2) is 9.59 Å². The number of esters is 1. The molecule has 3 aromatic carbocycles. The maximum absolute atomic E-state index is 13.3. The van der Waals surface area contributed by atoms with E-state index in [1.54, 1.807) is 22.8 Å². The molecule has 0 saturated carbocycles. The fraction of sp³-hybridized carbons (Fsp3) is 0.290. The number of para-hydroxylation sites is 1. The molecule has 0 radical (unpaired) electrons. The van der Waals surface area contributed by atoms with Crippen LogP contribution in [0.1, 0.15) is 43.1 Å². The molecule has 0 bridgehead atoms. The molecule has 244 valence electrons. The first-order valence-electron chi connectivity index (χ1n) is 14.6. The Labute approximate surface area is 267 Å². The predicted molar refractivity (Wildman–Crippen MR) is 165 cm³/mol. The number of ether oxygens (including phenoxy) is 4. The van der Waals surface area contributed by atoms with E-state index in [1.807, 2.05) is 55.5 Å². The van der Waals surface area contributed by atoms with Gasteiger partial charge in [-0.15, -0.1) is 20.3 Å². The van der Waals surface area contributed by atoms with Crippen LogP contribution in [-0.2, 0) is 25.6 Å². The Hall–Kier alpha value is -6.06. The van der Waals surface area contributed by atoms with Gasteiger partial charge < -0.3 is 23.8 Å². The summed E-state index contributed by atoms with van der Waals surface area (Å²) in [5.74, 6) is -0.275. The Morgan fingerprint density at radius 3 is 2.47 bits per heavy atom. The van der Waals surface area contributed by atoms with Gasteiger partial charge in [0.1, 0.15) is 6.10 Å². The quantitative estimate of drug-likeness (QED) is 0.0736. The number of fused-ring (bicyclic) bond motifs is 1. The van der Waals surface area contributed by atoms with E-state index < -0.39 is 29.6 Å². The molecule has 0 aliphatic rings. The van der Waals surface area contributed by atoms with Crippen molar-refractivity contribution in [2.45, 2.75) is 46.1 Å². The number of imidazole rings is 1. The number of hydrogen-bond donors (Lipinski definition) is 1. The molecule has 0 aliphatic carbocycles. The second kappa shape index (κ2) is 14.8. The fourth-order valence-electron chi connectivity index (χ4n) is 4.81. The van der Waals surface area contributed by atoms with Gasteiger partial charge in [0, 0.05) is 18.9 Å². The van der Waals surface area contributed by atoms with Gasteiger partial charge in [-0.05, 0) is 47.9 Å². The van der Waals surface area contributed by atoms with E-state index in [1.165, 1.54) is 13.8 Å². The number of rotatable bonds is 14. The first-order chi connectivity index (χ1) is 22.7. The smallest absolute Gasteiger partial charge is 0.465 e. The molecule has 5 rings (SSSR count). The van der Waals surface area contributed by atoms with Crippen LogP contribution in [0.5, 0.6) is 6.01 Å². The molecule has 1 N–H and O–H groups in total. The van der Waals surface area contributed by atoms with Gasteiger partial charge in [-0.3, -0.25) is 4.57 Å². The molecular formula is C31H31N7O9. The largest absolute Gasteiger partial charge is 0.511 e. The minimum absolute atomic E-state index is 0.0642. The third kappa shape index (κ3) is 7.97. The Kier molecular flexibility index (Phi) is 10.2. The molecular weight excluding hydrogens is 614 g/mol. The van der Waals surface area contributed by atoms with E-state index in [2.05, 4.69) is 30.4 Å². The van der Waals surface area contributed by atoms with Gasteiger partial charge >= 0.3 is 12.1 Å². The zero-order valence-corrected chi connectivity index (χ0v) is 25.7. The summed E-state index contributed by atoms with van der Waals surface area (Å²) in [4.78, 5) is 44.7. The number of aromatic amines is 1. The monoisotopic (exact) mass is 645 g/mol. The molecule has 0 saturated heterocycles. The van der Waals surface area contributed by atoms with E-state index in [4.69, 9.17) is 18.9 Å². The highest BCUT2D eigenvalue weighted by Gasteiger charge is 2.23. The van der Waals surface area contributed by atoms with Crippen LogP contribution in [0.3, 0.4) is 0 Å². The molecule has 2 atom stereocenters. The van der Waals surface area contributed by atoms with Crippen molar-refractivity contribution in [1.82, 2.24) is 30.2 Å². The van der Waals surface area contributed by atoms with Crippen LogP contribution in [0.4, 0.5) is 4.79 Å². The predicted octanol–water partition coefficient (Wildman–Crippen LogP) is 4.97. The Bertz CT molecular complexity index is 1840. The minimum Gasteiger partial charge on any atom is -0.465 e. The lowest BCUT2D eigenvalue weighted by Gasteiger charge is -2.16. The second-order valence-corrected chi connectivity index (χ2v) is 10.2. The minimum atomic E-state index is -1.30. The number of benzene rings is 3. The van der Waals surface area contributed by atoms with Gasteiger partial charge in [0.05, 0.1) is 36.4 Å². The second-order valence-electron chi connectivity index (χ2n) is 10.2. The molecule has 2 heterocycles. The van der Waals surface area contributed by atoms with Crippen molar-refractivity contribution in [2.75, 3.05) is 13.2 Å². The maximum Gasteiger partial charge on any atom is 0.511 e. The number of nitrogens with zero attached hydrogens (tertiary/aromatic N) is 6. The van der Waals surface area contributed by atoms with Crippen LogP contribution in [0.2, 0.25) is 0 Å². The van der Waals surface area contributed by atoms with E-state index in [9.17, 15) is 19.7 Å². The summed E-state index contributed by atoms with van der Waals surface area (Å²) < 4.78 is 22.9. The molecule has 16 heteroatoms. The van der Waals surface area contributed by atoms with Gasteiger partial charge in [0.15, 0.2) is 0 Å². The SMILES string of the molecule is CCOc1nc2cccc(C(=O)OC(C)OC(=O)OCCC(C)O[N+](=O)[O-])c2n1Cc1ccc(-c2ccccc2-c2nn[nH]n2)cc1. The lowest BCUT2D eigenvalue weighted by molar-refractivity contribution is -0.767. The summed E-state index contributed by atoms with van der Waals surface area (Å²) in [5.41, 5.74) is 4.79. The van der Waals surface area contributed by atoms with Crippen molar-refractivity contribution in [3.8, 4) is 28.5 Å². The summed E-state index contributed by atoms with van der Waals surface area (Å²) in [7, 11) is 0. The van der Waals surface area contributed by atoms with Crippen molar-refractivity contribution in [3.05, 3.63) is 88.0 Å². The number of carbonyl (C=O) groups excluding carboxylic acids is 2. The van der Waals surface area contributed by atoms with Gasteiger partial charge in [0.2, 0.25) is 12.1 Å². The molecule has 0 amide bonds. The first-order valence-corrected chi connectivity index (χ1v) is 14.6. The zero-order chi connectivity index (χ0) is 33.3. The summed E-state index contributed by atoms with van der Waals surface area (Å²) in [6.45, 7) is 5.12. The zero-order valence-electron chi connectivity index (χ0n) is 25.7. The van der Waals surface area contributed by atoms with Gasteiger partial charge in [-0.2, -0.15) is 10.2 Å². The highest BCUT2D eigenvalue weighted by atomic mass is 17.0. The molecule has 47 heavy (non-hydrogen) atoms. The molecule has 2 unspecified atom stereocenters. The maximum atomic E-state index is 13.3. The van der Waals surface area contributed by atoms with E-state index >= 15 is 0 Å². The van der Waals surface area contributed by atoms with Crippen LogP contribution >= 0.6 is 0 Å². The van der Waals surface area contributed by atoms with Crippen molar-refractivity contribution in [2.24, 2.45) is 0 Å². The lowest BCUT2D eigenvalue weighted by Crippen LogP contribution is -2.24. The number of H-pyrrole nitrogens is 1. The number of carbonyl (C=O) groups is 2. The summed E-state index contributed by atoms with van der Waals surface area (Å²) in [6, 6.07) is 21.0. The fourth-order valence-corrected chi connectivity index (χ4v) is 4.81. The van der Waals surface area contributed by atoms with Crippen LogP contribution in [-0.4, -0.2) is 73.0 Å². The first kappa shape index (κ1) is 32.3. The Balaban J connectivity index is 1.32. The number of hydrogen-bond acceptors (Lipinski definition) is 13. The van der Waals surface area contributed by atoms with Gasteiger partial charge in [-0.1, -0.05) is 54.6 Å². The highest BCUT2D eigenvalue weighted by Crippen LogP contribution is 2.31. The number of tetrazole rings is 1. The lowest BCUT2D eigenvalue weighted by atomic mass is 9.98. The molecule has 2 aromatic heterocycles. The Morgan fingerprint density at radius 2 is 1.77 bits per heavy atom. The molecule has 0 fully saturated rings. The summed E-state index contributed by atoms with van der Waals surface area (Å²) in [6.07, 6.45) is -3.13. The average Bonchev–Trinajstić information content (AvgIpc) is 3.70. The molecule has 0 spiro atoms. The number of nitrogens with one attached hydrogen (secondary N) is 1. The topological polar surface area (TPSA) is 196 Å². The third-order valence-electron chi connectivity index (χ3n) is 6.89. The standard InChI is InChI=1S/C31H31N7O9/c1-4-43-30-32-26-11-7-10-25(29(39)45-20(3)46-31(40)44-17-16-19(2)47-38(41)42)27(26)37(30)18-21-12-14-22(15-13-21)23-8-5-6-9-24(23)28-33-35-36-34-28/h5-15,19-20H,4,16-18H2,1-3H3,(H,33,34,35,36). The van der Waals surface area contributed by atoms with Crippen LogP contribution < -0.4 is 4.74 Å². The van der Waals surface area contributed by atoms with Crippen molar-refractivity contribution < 1.29 is 38.5 Å². The van der Waals surface area contributed by atoms with Crippen molar-refractivity contribution in [3.63, 3.8) is 0 Å². The summed E-state index contributed by atoms with van der Waals surface area (Å²) in [5, 5.41) is 23.8. The van der Waals surface area contributed by atoms with Crippen LogP contribution in [0.25, 0.3) is 33.5 Å². The van der Waals surface area contributed by atoms with Crippen molar-refractivity contribution in [1.29, 1.82) is 0 Å². The normalized spacial score (nSPS) is 12.2. The molecule has 0 aliphatic heterocycles. The Morgan fingerprint density at radius 1 is 1.00 bits per heavy atom. The van der Waals surface area contributed by atoms with Crippen LogP contribution in [0, 0.1) is 10.1 Å². The van der Waals surface area contributed by atoms with Crippen LogP contribution in [0.15, 0.2) is 66.7 Å². The van der Waals surface area contributed by atoms with E-state index in [0.29, 0.717) is 36.0 Å². The summed E-state index contributed by atoms with van der Waals surface area (Å²) >= 11 is 0. The van der Waals surface area contributed by atoms with Gasteiger partial charge in [0.25, 0.3) is 11.1 Å².